The van der Waals surface area contributed by atoms with Crippen LogP contribution in [0.2, 0.25) is 0 Å². The van der Waals surface area contributed by atoms with Crippen LogP contribution in [0.15, 0.2) is 18.2 Å². The molecule has 2 aliphatic rings. The first-order valence-corrected chi connectivity index (χ1v) is 7.10. The first kappa shape index (κ1) is 11.0. The van der Waals surface area contributed by atoms with E-state index >= 15 is 0 Å². The highest BCUT2D eigenvalue weighted by atomic mass is 15.3. The van der Waals surface area contributed by atoms with Gasteiger partial charge in [0.1, 0.15) is 5.82 Å². The van der Waals surface area contributed by atoms with Gasteiger partial charge in [-0.25, -0.2) is 0 Å². The molecular formula is C15H18N4. The molecule has 0 saturated heterocycles. The van der Waals surface area contributed by atoms with Crippen LogP contribution in [0.1, 0.15) is 24.7 Å². The third-order valence-electron chi connectivity index (χ3n) is 4.28. The summed E-state index contributed by atoms with van der Waals surface area (Å²) in [6.45, 7) is 4.38. The van der Waals surface area contributed by atoms with Gasteiger partial charge in [-0.2, -0.15) is 0 Å². The zero-order valence-corrected chi connectivity index (χ0v) is 11.2. The maximum absolute atomic E-state index is 4.41. The predicted molar refractivity (Wildman–Crippen MR) is 75.1 cm³/mol. The highest BCUT2D eigenvalue weighted by Gasteiger charge is 2.21. The Morgan fingerprint density at radius 3 is 3.21 bits per heavy atom. The van der Waals surface area contributed by atoms with Gasteiger partial charge in [0.15, 0.2) is 5.82 Å². The average molecular weight is 254 g/mol. The zero-order valence-electron chi connectivity index (χ0n) is 11.2. The largest absolute Gasteiger partial charge is 0.384 e. The summed E-state index contributed by atoms with van der Waals surface area (Å²) in [5.74, 6) is 2.90. The highest BCUT2D eigenvalue weighted by Crippen LogP contribution is 2.30. The summed E-state index contributed by atoms with van der Waals surface area (Å²) in [5, 5.41) is 12.2. The molecule has 98 valence electrons. The third-order valence-corrected chi connectivity index (χ3v) is 4.28. The molecule has 3 heterocycles. The van der Waals surface area contributed by atoms with Gasteiger partial charge < -0.3 is 9.88 Å². The number of nitrogens with one attached hydrogen (secondary N) is 1. The lowest BCUT2D eigenvalue weighted by Gasteiger charge is -2.20. The first-order chi connectivity index (χ1) is 9.31. The lowest BCUT2D eigenvalue weighted by atomic mass is 10.00. The first-order valence-electron chi connectivity index (χ1n) is 7.10. The van der Waals surface area contributed by atoms with E-state index in [1.807, 2.05) is 0 Å². The van der Waals surface area contributed by atoms with Crippen molar-refractivity contribution in [2.24, 2.45) is 5.92 Å². The molecule has 0 bridgehead atoms. The molecule has 1 aromatic heterocycles. The minimum absolute atomic E-state index is 0.728. The van der Waals surface area contributed by atoms with Gasteiger partial charge in [-0.05, 0) is 30.4 Å². The molecule has 1 aromatic carbocycles. The molecular weight excluding hydrogens is 236 g/mol. The van der Waals surface area contributed by atoms with Gasteiger partial charge in [0, 0.05) is 30.8 Å². The Morgan fingerprint density at radius 1 is 1.32 bits per heavy atom. The Bertz CT molecular complexity index is 629. The second-order valence-corrected chi connectivity index (χ2v) is 5.74. The monoisotopic (exact) mass is 254 g/mol. The molecule has 0 radical (unpaired) electrons. The van der Waals surface area contributed by atoms with Crippen LogP contribution in [0.25, 0.3) is 11.4 Å². The van der Waals surface area contributed by atoms with Gasteiger partial charge in [-0.3, -0.25) is 0 Å². The average Bonchev–Trinajstić information content (AvgIpc) is 3.02. The number of rotatable bonds is 1. The maximum Gasteiger partial charge on any atom is 0.164 e. The van der Waals surface area contributed by atoms with Crippen LogP contribution in [0, 0.1) is 5.92 Å². The summed E-state index contributed by atoms with van der Waals surface area (Å²) in [4.78, 5) is 0. The Hall–Kier alpha value is -1.84. The van der Waals surface area contributed by atoms with E-state index in [2.05, 4.69) is 45.2 Å². The van der Waals surface area contributed by atoms with Crippen LogP contribution in [0.5, 0.6) is 0 Å². The van der Waals surface area contributed by atoms with E-state index in [0.717, 1.165) is 43.5 Å². The van der Waals surface area contributed by atoms with Crippen LogP contribution in [-0.4, -0.2) is 21.3 Å². The molecule has 0 saturated carbocycles. The van der Waals surface area contributed by atoms with Gasteiger partial charge in [0.25, 0.3) is 0 Å². The van der Waals surface area contributed by atoms with Crippen molar-refractivity contribution < 1.29 is 0 Å². The molecule has 1 atom stereocenters. The Balaban J connectivity index is 1.77. The van der Waals surface area contributed by atoms with Crippen LogP contribution < -0.4 is 5.32 Å². The van der Waals surface area contributed by atoms with Gasteiger partial charge in [-0.15, -0.1) is 10.2 Å². The van der Waals surface area contributed by atoms with Crippen molar-refractivity contribution in [3.8, 4) is 11.4 Å². The lowest BCUT2D eigenvalue weighted by molar-refractivity contribution is 0.411. The Labute approximate surface area is 112 Å². The van der Waals surface area contributed by atoms with Crippen molar-refractivity contribution in [2.75, 3.05) is 11.9 Å². The number of hydrogen-bond acceptors (Lipinski definition) is 3. The summed E-state index contributed by atoms with van der Waals surface area (Å²) < 4.78 is 2.29. The number of benzene rings is 1. The molecule has 4 nitrogen and oxygen atoms in total. The second-order valence-electron chi connectivity index (χ2n) is 5.74. The molecule has 4 heteroatoms. The molecule has 19 heavy (non-hydrogen) atoms. The number of fused-ring (bicyclic) bond motifs is 2. The Morgan fingerprint density at radius 2 is 2.26 bits per heavy atom. The molecule has 1 N–H and O–H groups in total. The molecule has 0 fully saturated rings. The van der Waals surface area contributed by atoms with E-state index in [0.29, 0.717) is 0 Å². The fourth-order valence-corrected chi connectivity index (χ4v) is 3.13. The summed E-state index contributed by atoms with van der Waals surface area (Å²) in [6.07, 6.45) is 3.41. The molecule has 4 rings (SSSR count). The summed E-state index contributed by atoms with van der Waals surface area (Å²) >= 11 is 0. The molecule has 0 spiro atoms. The van der Waals surface area contributed by atoms with Crippen LogP contribution >= 0.6 is 0 Å². The second kappa shape index (κ2) is 4.08. The maximum atomic E-state index is 4.41. The molecule has 2 aromatic rings. The normalized spacial score (nSPS) is 20.8. The minimum atomic E-state index is 0.728. The quantitative estimate of drug-likeness (QED) is 0.850. The minimum Gasteiger partial charge on any atom is -0.384 e. The number of aromatic nitrogens is 3. The summed E-state index contributed by atoms with van der Waals surface area (Å²) in [5.41, 5.74) is 3.86. The van der Waals surface area contributed by atoms with Crippen molar-refractivity contribution in [3.63, 3.8) is 0 Å². The van der Waals surface area contributed by atoms with Crippen LogP contribution in [0.3, 0.4) is 0 Å². The van der Waals surface area contributed by atoms with Crippen LogP contribution in [0.4, 0.5) is 5.69 Å². The summed E-state index contributed by atoms with van der Waals surface area (Å²) in [6, 6.07) is 6.62. The van der Waals surface area contributed by atoms with Crippen molar-refractivity contribution in [1.29, 1.82) is 0 Å². The van der Waals surface area contributed by atoms with E-state index in [1.165, 1.54) is 23.2 Å². The van der Waals surface area contributed by atoms with Gasteiger partial charge >= 0.3 is 0 Å². The van der Waals surface area contributed by atoms with E-state index in [4.69, 9.17) is 0 Å². The lowest BCUT2D eigenvalue weighted by Crippen LogP contribution is -2.17. The molecule has 1 unspecified atom stereocenters. The number of nitrogens with zero attached hydrogens (tertiary/aromatic N) is 3. The SMILES string of the molecule is CC1CCn2c(nnc2-c2ccc3c(c2)NCC3)C1. The van der Waals surface area contributed by atoms with Crippen molar-refractivity contribution in [1.82, 2.24) is 14.8 Å². The highest BCUT2D eigenvalue weighted by molar-refractivity contribution is 5.67. The van der Waals surface area contributed by atoms with Crippen molar-refractivity contribution in [2.45, 2.75) is 32.7 Å². The fourth-order valence-electron chi connectivity index (χ4n) is 3.13. The predicted octanol–water partition coefficient (Wildman–Crippen LogP) is 2.50. The Kier molecular flexibility index (Phi) is 2.37. The molecule has 0 amide bonds. The molecule has 0 aliphatic carbocycles. The van der Waals surface area contributed by atoms with Gasteiger partial charge in [0.2, 0.25) is 0 Å². The topological polar surface area (TPSA) is 42.7 Å². The third kappa shape index (κ3) is 1.74. The van der Waals surface area contributed by atoms with Crippen LogP contribution in [-0.2, 0) is 19.4 Å². The van der Waals surface area contributed by atoms with Crippen molar-refractivity contribution in [3.05, 3.63) is 29.6 Å². The number of hydrogen-bond donors (Lipinski definition) is 1. The van der Waals surface area contributed by atoms with E-state index in [-0.39, 0.29) is 0 Å². The molecule has 2 aliphatic heterocycles. The van der Waals surface area contributed by atoms with E-state index in [9.17, 15) is 0 Å². The van der Waals surface area contributed by atoms with E-state index in [1.54, 1.807) is 0 Å². The number of anilines is 1. The fraction of sp³-hybridized carbons (Fsp3) is 0.467. The zero-order chi connectivity index (χ0) is 12.8. The van der Waals surface area contributed by atoms with Gasteiger partial charge in [-0.1, -0.05) is 19.1 Å². The van der Waals surface area contributed by atoms with Crippen molar-refractivity contribution >= 4 is 5.69 Å². The van der Waals surface area contributed by atoms with E-state index < -0.39 is 0 Å². The van der Waals surface area contributed by atoms with Gasteiger partial charge in [0.05, 0.1) is 0 Å². The standard InChI is InChI=1S/C15H18N4/c1-10-5-7-19-14(8-10)17-18-15(19)12-3-2-11-4-6-16-13(11)9-12/h2-3,9-10,16H,4-8H2,1H3. The summed E-state index contributed by atoms with van der Waals surface area (Å²) in [7, 11) is 0. The smallest absolute Gasteiger partial charge is 0.164 e.